The summed E-state index contributed by atoms with van der Waals surface area (Å²) in [6.45, 7) is 5.61. The number of aryl methyl sites for hydroxylation is 1. The lowest BCUT2D eigenvalue weighted by Gasteiger charge is -2.46. The number of anilines is 1. The number of methoxy groups -OCH3 is 1. The molecule has 2 aromatic rings. The monoisotopic (exact) mass is 443 g/mol. The number of esters is 1. The molecule has 1 amide bonds. The molecule has 0 spiro atoms. The molecule has 0 radical (unpaired) electrons. The van der Waals surface area contributed by atoms with Gasteiger partial charge in [-0.1, -0.05) is 25.1 Å². The summed E-state index contributed by atoms with van der Waals surface area (Å²) in [4.78, 5) is 44.6. The van der Waals surface area contributed by atoms with E-state index in [1.807, 2.05) is 30.3 Å². The number of para-hydroxylation sites is 1. The number of nitrogens with zero attached hydrogens (tertiary/aromatic N) is 5. The lowest BCUT2D eigenvalue weighted by molar-refractivity contribution is -0.392. The molecule has 1 aromatic heterocycles. The quantitative estimate of drug-likeness (QED) is 0.350. The van der Waals surface area contributed by atoms with E-state index in [0.29, 0.717) is 50.5 Å². The Labute approximate surface area is 186 Å². The van der Waals surface area contributed by atoms with Crippen LogP contribution in [-0.4, -0.2) is 63.5 Å². The molecule has 0 saturated carbocycles. The van der Waals surface area contributed by atoms with E-state index < -0.39 is 16.4 Å². The van der Waals surface area contributed by atoms with Crippen LogP contribution in [0, 0.1) is 17.0 Å². The van der Waals surface area contributed by atoms with Crippen LogP contribution < -0.4 is 4.90 Å². The van der Waals surface area contributed by atoms with Crippen LogP contribution in [-0.2, 0) is 20.9 Å². The maximum atomic E-state index is 13.0. The van der Waals surface area contributed by atoms with Crippen molar-refractivity contribution in [1.29, 1.82) is 0 Å². The molecule has 3 rings (SSSR count). The van der Waals surface area contributed by atoms with Crippen LogP contribution in [0.25, 0.3) is 0 Å². The van der Waals surface area contributed by atoms with Crippen molar-refractivity contribution >= 4 is 23.4 Å². The number of likely N-dealkylation sites (tertiary alicyclic amines) is 1. The highest BCUT2D eigenvalue weighted by atomic mass is 16.6. The molecular weight excluding hydrogens is 414 g/mol. The molecule has 0 atom stereocenters. The van der Waals surface area contributed by atoms with Crippen LogP contribution in [0.2, 0.25) is 0 Å². The van der Waals surface area contributed by atoms with E-state index in [-0.39, 0.29) is 18.1 Å². The average molecular weight is 444 g/mol. The van der Waals surface area contributed by atoms with Gasteiger partial charge < -0.3 is 14.9 Å². The van der Waals surface area contributed by atoms with E-state index >= 15 is 0 Å². The van der Waals surface area contributed by atoms with E-state index in [0.717, 1.165) is 0 Å². The number of benzene rings is 1. The highest BCUT2D eigenvalue weighted by Crippen LogP contribution is 2.35. The fourth-order valence-electron chi connectivity index (χ4n) is 4.34. The van der Waals surface area contributed by atoms with Gasteiger partial charge in [-0.2, -0.15) is 0 Å². The average Bonchev–Trinajstić information content (AvgIpc) is 3.19. The van der Waals surface area contributed by atoms with Gasteiger partial charge in [-0.05, 0) is 29.9 Å². The number of amides is 1. The first-order valence-electron chi connectivity index (χ1n) is 10.7. The van der Waals surface area contributed by atoms with Gasteiger partial charge in [-0.3, -0.25) is 14.6 Å². The zero-order valence-corrected chi connectivity index (χ0v) is 18.7. The predicted octanol–water partition coefficient (Wildman–Crippen LogP) is 2.55. The van der Waals surface area contributed by atoms with Crippen molar-refractivity contribution in [2.45, 2.75) is 45.2 Å². The summed E-state index contributed by atoms with van der Waals surface area (Å²) in [7, 11) is 1.34. The number of carbonyl (C=O) groups is 2. The number of ether oxygens (including phenoxy) is 1. The fraction of sp³-hybridized carbons (Fsp3) is 0.500. The van der Waals surface area contributed by atoms with Gasteiger partial charge in [0.05, 0.1) is 7.11 Å². The van der Waals surface area contributed by atoms with E-state index in [1.165, 1.54) is 13.3 Å². The third kappa shape index (κ3) is 4.50. The molecule has 0 unspecified atom stereocenters. The van der Waals surface area contributed by atoms with Gasteiger partial charge in [-0.25, -0.2) is 14.3 Å². The van der Waals surface area contributed by atoms with Gasteiger partial charge in [0.25, 0.3) is 0 Å². The Balaban J connectivity index is 1.79. The third-order valence-electron chi connectivity index (χ3n) is 6.10. The molecule has 1 aliphatic rings. The van der Waals surface area contributed by atoms with Crippen LogP contribution >= 0.6 is 0 Å². The molecule has 1 aliphatic heterocycles. The third-order valence-corrected chi connectivity index (χ3v) is 6.10. The summed E-state index contributed by atoms with van der Waals surface area (Å²) in [6.07, 6.45) is 2.35. The smallest absolute Gasteiger partial charge is 0.342 e. The van der Waals surface area contributed by atoms with Crippen LogP contribution in [0.15, 0.2) is 36.5 Å². The standard InChI is InChI=1S/C22H29N5O5/c1-4-20(28)26(18-8-6-5-7-9-18)22(21(29)32-3)10-12-24(13-11-22)14-15-25-17(2)23-16-19(25)27(30)31/h5-9,16H,4,10-15H2,1-3H3. The number of imidazole rings is 1. The highest BCUT2D eigenvalue weighted by molar-refractivity contribution is 6.02. The lowest BCUT2D eigenvalue weighted by atomic mass is 9.84. The Morgan fingerprint density at radius 2 is 1.88 bits per heavy atom. The molecule has 32 heavy (non-hydrogen) atoms. The number of nitro groups is 1. The van der Waals surface area contributed by atoms with Gasteiger partial charge in [0.1, 0.15) is 18.3 Å². The second-order valence-electron chi connectivity index (χ2n) is 7.86. The zero-order chi connectivity index (χ0) is 23.3. The summed E-state index contributed by atoms with van der Waals surface area (Å²) >= 11 is 0. The van der Waals surface area contributed by atoms with Gasteiger partial charge in [-0.15, -0.1) is 0 Å². The topological polar surface area (TPSA) is 111 Å². The van der Waals surface area contributed by atoms with Crippen LogP contribution in [0.1, 0.15) is 32.0 Å². The zero-order valence-electron chi connectivity index (χ0n) is 18.7. The molecule has 1 saturated heterocycles. The van der Waals surface area contributed by atoms with Crippen LogP contribution in [0.3, 0.4) is 0 Å². The molecule has 0 aliphatic carbocycles. The molecule has 172 valence electrons. The van der Waals surface area contributed by atoms with E-state index in [1.54, 1.807) is 23.3 Å². The van der Waals surface area contributed by atoms with Crippen molar-refractivity contribution in [3.8, 4) is 0 Å². The second-order valence-corrected chi connectivity index (χ2v) is 7.86. The van der Waals surface area contributed by atoms with E-state index in [4.69, 9.17) is 4.74 Å². The van der Waals surface area contributed by atoms with Crippen molar-refractivity contribution in [3.63, 3.8) is 0 Å². The van der Waals surface area contributed by atoms with Gasteiger partial charge in [0, 0.05) is 38.7 Å². The number of piperidine rings is 1. The molecule has 10 nitrogen and oxygen atoms in total. The van der Waals surface area contributed by atoms with Gasteiger partial charge >= 0.3 is 11.8 Å². The summed E-state index contributed by atoms with van der Waals surface area (Å²) in [5.41, 5.74) is -0.417. The summed E-state index contributed by atoms with van der Waals surface area (Å²) in [5.74, 6) is -0.0164. The lowest BCUT2D eigenvalue weighted by Crippen LogP contribution is -2.62. The number of carbonyl (C=O) groups excluding carboxylic acids is 2. The van der Waals surface area contributed by atoms with Crippen molar-refractivity contribution in [3.05, 3.63) is 52.5 Å². The summed E-state index contributed by atoms with van der Waals surface area (Å²) in [6, 6.07) is 9.19. The predicted molar refractivity (Wildman–Crippen MR) is 118 cm³/mol. The largest absolute Gasteiger partial charge is 0.467 e. The Morgan fingerprint density at radius 1 is 1.22 bits per heavy atom. The fourth-order valence-corrected chi connectivity index (χ4v) is 4.34. The van der Waals surface area contributed by atoms with Crippen molar-refractivity contribution in [2.24, 2.45) is 0 Å². The molecule has 1 fully saturated rings. The summed E-state index contributed by atoms with van der Waals surface area (Å²) < 4.78 is 6.75. The first-order valence-corrected chi connectivity index (χ1v) is 10.7. The molecule has 1 aromatic carbocycles. The SMILES string of the molecule is CCC(=O)N(c1ccccc1)C1(C(=O)OC)CCN(CCn2c([N+](=O)[O-])cnc2C)CC1. The number of aromatic nitrogens is 2. The minimum atomic E-state index is -1.09. The van der Waals surface area contributed by atoms with E-state index in [2.05, 4.69) is 9.88 Å². The molecule has 0 N–H and O–H groups in total. The minimum absolute atomic E-state index is 0.0350. The van der Waals surface area contributed by atoms with Crippen molar-refractivity contribution in [2.75, 3.05) is 31.6 Å². The van der Waals surface area contributed by atoms with Gasteiger partial charge in [0.15, 0.2) is 5.82 Å². The molecule has 10 heteroatoms. The van der Waals surface area contributed by atoms with Crippen molar-refractivity contribution < 1.29 is 19.2 Å². The first kappa shape index (κ1) is 23.4. The first-order chi connectivity index (χ1) is 15.3. The Kier molecular flexibility index (Phi) is 7.24. The van der Waals surface area contributed by atoms with Crippen LogP contribution in [0.4, 0.5) is 11.5 Å². The Hall–Kier alpha value is -3.27. The summed E-state index contributed by atoms with van der Waals surface area (Å²) in [5, 5.41) is 11.2. The van der Waals surface area contributed by atoms with Crippen LogP contribution in [0.5, 0.6) is 0 Å². The Bertz CT molecular complexity index is 966. The number of hydrogen-bond acceptors (Lipinski definition) is 7. The number of rotatable bonds is 8. The highest BCUT2D eigenvalue weighted by Gasteiger charge is 2.49. The molecule has 0 bridgehead atoms. The Morgan fingerprint density at radius 3 is 2.44 bits per heavy atom. The molecule has 2 heterocycles. The van der Waals surface area contributed by atoms with Gasteiger partial charge in [0.2, 0.25) is 5.91 Å². The minimum Gasteiger partial charge on any atom is -0.467 e. The maximum Gasteiger partial charge on any atom is 0.342 e. The normalized spacial score (nSPS) is 15.8. The van der Waals surface area contributed by atoms with E-state index in [9.17, 15) is 19.7 Å². The second kappa shape index (κ2) is 9.90. The molecular formula is C22H29N5O5. The number of hydrogen-bond donors (Lipinski definition) is 0. The van der Waals surface area contributed by atoms with Crippen molar-refractivity contribution in [1.82, 2.24) is 14.5 Å². The maximum absolute atomic E-state index is 13.0.